The van der Waals surface area contributed by atoms with Crippen LogP contribution in [0.3, 0.4) is 0 Å². The number of H-pyrrole nitrogens is 1. The van der Waals surface area contributed by atoms with Crippen molar-refractivity contribution in [3.8, 4) is 17.3 Å². The molecule has 0 saturated heterocycles. The van der Waals surface area contributed by atoms with Crippen LogP contribution in [0.25, 0.3) is 28.4 Å². The van der Waals surface area contributed by atoms with Crippen LogP contribution < -0.4 is 5.56 Å². The van der Waals surface area contributed by atoms with Crippen LogP contribution in [0.4, 0.5) is 0 Å². The number of rotatable bonds is 2. The highest BCUT2D eigenvalue weighted by molar-refractivity contribution is 5.73. The van der Waals surface area contributed by atoms with E-state index < -0.39 is 0 Å². The SMILES string of the molecule is Cc1ccc(-c2cc(=O)n(-c3nc4ccccc4o3)[nH]2)cc1. The fourth-order valence-electron chi connectivity index (χ4n) is 2.37. The van der Waals surface area contributed by atoms with Crippen LogP contribution >= 0.6 is 0 Å². The molecule has 2 aromatic heterocycles. The molecule has 0 saturated carbocycles. The number of para-hydroxylation sites is 2. The predicted octanol–water partition coefficient (Wildman–Crippen LogP) is 3.28. The molecule has 0 fully saturated rings. The van der Waals surface area contributed by atoms with Gasteiger partial charge in [-0.05, 0) is 24.6 Å². The summed E-state index contributed by atoms with van der Waals surface area (Å²) < 4.78 is 6.94. The molecule has 1 N–H and O–H groups in total. The fraction of sp³-hybridized carbons (Fsp3) is 0.0588. The lowest BCUT2D eigenvalue weighted by molar-refractivity contribution is 0.538. The van der Waals surface area contributed by atoms with Crippen molar-refractivity contribution in [1.29, 1.82) is 0 Å². The highest BCUT2D eigenvalue weighted by Gasteiger charge is 2.12. The summed E-state index contributed by atoms with van der Waals surface area (Å²) in [7, 11) is 0. The van der Waals surface area contributed by atoms with Crippen molar-refractivity contribution in [3.63, 3.8) is 0 Å². The van der Waals surface area contributed by atoms with Gasteiger partial charge >= 0.3 is 6.01 Å². The van der Waals surface area contributed by atoms with Gasteiger partial charge in [-0.2, -0.15) is 9.67 Å². The summed E-state index contributed by atoms with van der Waals surface area (Å²) in [5.41, 5.74) is 4.00. The summed E-state index contributed by atoms with van der Waals surface area (Å²) in [4.78, 5) is 16.5. The van der Waals surface area contributed by atoms with Crippen molar-refractivity contribution in [2.45, 2.75) is 6.92 Å². The van der Waals surface area contributed by atoms with Crippen LogP contribution in [-0.4, -0.2) is 14.8 Å². The van der Waals surface area contributed by atoms with Crippen LogP contribution in [0.1, 0.15) is 5.56 Å². The second kappa shape index (κ2) is 4.73. The van der Waals surface area contributed by atoms with Crippen molar-refractivity contribution >= 4 is 11.1 Å². The number of oxazole rings is 1. The van der Waals surface area contributed by atoms with Gasteiger partial charge in [0, 0.05) is 6.07 Å². The molecule has 0 atom stereocenters. The maximum absolute atomic E-state index is 12.2. The van der Waals surface area contributed by atoms with E-state index in [1.807, 2.05) is 55.5 Å². The molecule has 0 amide bonds. The number of nitrogens with one attached hydrogen (secondary N) is 1. The highest BCUT2D eigenvalue weighted by Crippen LogP contribution is 2.19. The highest BCUT2D eigenvalue weighted by atomic mass is 16.4. The van der Waals surface area contributed by atoms with Gasteiger partial charge in [0.15, 0.2) is 5.58 Å². The average molecular weight is 291 g/mol. The molecule has 22 heavy (non-hydrogen) atoms. The largest absolute Gasteiger partial charge is 0.422 e. The normalized spacial score (nSPS) is 11.1. The molecule has 108 valence electrons. The predicted molar refractivity (Wildman–Crippen MR) is 84.1 cm³/mol. The molecular formula is C17H13N3O2. The van der Waals surface area contributed by atoms with Crippen molar-refractivity contribution < 1.29 is 4.42 Å². The van der Waals surface area contributed by atoms with E-state index in [1.165, 1.54) is 10.2 Å². The van der Waals surface area contributed by atoms with E-state index in [4.69, 9.17) is 4.42 Å². The van der Waals surface area contributed by atoms with Crippen molar-refractivity contribution in [3.05, 3.63) is 70.5 Å². The van der Waals surface area contributed by atoms with E-state index in [2.05, 4.69) is 10.1 Å². The number of fused-ring (bicyclic) bond motifs is 1. The Hall–Kier alpha value is -3.08. The summed E-state index contributed by atoms with van der Waals surface area (Å²) in [6, 6.07) is 17.1. The monoisotopic (exact) mass is 291 g/mol. The van der Waals surface area contributed by atoms with Gasteiger partial charge in [-0.1, -0.05) is 42.0 Å². The summed E-state index contributed by atoms with van der Waals surface area (Å²) >= 11 is 0. The van der Waals surface area contributed by atoms with E-state index >= 15 is 0 Å². The standard InChI is InChI=1S/C17H13N3O2/c1-11-6-8-12(9-7-11)14-10-16(21)20(19-14)17-18-13-4-2-3-5-15(13)22-17/h2-10,19H,1H3. The third-order valence-electron chi connectivity index (χ3n) is 3.56. The molecule has 0 radical (unpaired) electrons. The zero-order valence-electron chi connectivity index (χ0n) is 11.9. The van der Waals surface area contributed by atoms with Gasteiger partial charge in [-0.25, -0.2) is 0 Å². The Labute approximate surface area is 125 Å². The molecule has 0 aliphatic heterocycles. The molecule has 0 spiro atoms. The molecule has 0 bridgehead atoms. The number of aryl methyl sites for hydroxylation is 1. The summed E-state index contributed by atoms with van der Waals surface area (Å²) in [5, 5.41) is 3.04. The molecule has 2 aromatic carbocycles. The maximum Gasteiger partial charge on any atom is 0.325 e. The van der Waals surface area contributed by atoms with Crippen LogP contribution in [0, 0.1) is 6.92 Å². The van der Waals surface area contributed by atoms with Crippen LogP contribution in [0.5, 0.6) is 0 Å². The Kier molecular flexibility index (Phi) is 2.72. The Balaban J connectivity index is 1.82. The van der Waals surface area contributed by atoms with Gasteiger partial charge in [0.05, 0.1) is 5.69 Å². The van der Waals surface area contributed by atoms with Gasteiger partial charge in [0.2, 0.25) is 0 Å². The first-order chi connectivity index (χ1) is 10.7. The molecule has 4 aromatic rings. The second-order valence-electron chi connectivity index (χ2n) is 5.17. The third kappa shape index (κ3) is 2.03. The number of aromatic nitrogens is 3. The van der Waals surface area contributed by atoms with E-state index in [-0.39, 0.29) is 11.6 Å². The number of aromatic amines is 1. The molecule has 0 unspecified atom stereocenters. The van der Waals surface area contributed by atoms with Crippen molar-refractivity contribution in [1.82, 2.24) is 14.8 Å². The average Bonchev–Trinajstić information content (AvgIpc) is 3.11. The van der Waals surface area contributed by atoms with Gasteiger partial charge in [0.25, 0.3) is 5.56 Å². The quantitative estimate of drug-likeness (QED) is 0.616. The maximum atomic E-state index is 12.2. The number of hydrogen-bond donors (Lipinski definition) is 1. The lowest BCUT2D eigenvalue weighted by atomic mass is 10.1. The van der Waals surface area contributed by atoms with Crippen LogP contribution in [-0.2, 0) is 0 Å². The van der Waals surface area contributed by atoms with Gasteiger partial charge in [-0.3, -0.25) is 9.89 Å². The lowest BCUT2D eigenvalue weighted by Gasteiger charge is -1.98. The third-order valence-corrected chi connectivity index (χ3v) is 3.56. The summed E-state index contributed by atoms with van der Waals surface area (Å²) in [6.07, 6.45) is 0. The van der Waals surface area contributed by atoms with E-state index in [9.17, 15) is 4.79 Å². The minimum atomic E-state index is -0.206. The molecule has 5 nitrogen and oxygen atoms in total. The van der Waals surface area contributed by atoms with Gasteiger partial charge in [0.1, 0.15) is 5.52 Å². The Morgan fingerprint density at radius 1 is 1.09 bits per heavy atom. The first-order valence-corrected chi connectivity index (χ1v) is 6.96. The minimum Gasteiger partial charge on any atom is -0.422 e. The molecule has 4 rings (SSSR count). The summed E-state index contributed by atoms with van der Waals surface area (Å²) in [5.74, 6) is 0. The minimum absolute atomic E-state index is 0.206. The molecule has 5 heteroatoms. The summed E-state index contributed by atoms with van der Waals surface area (Å²) in [6.45, 7) is 2.02. The number of benzene rings is 2. The van der Waals surface area contributed by atoms with E-state index in [1.54, 1.807) is 6.07 Å². The Morgan fingerprint density at radius 2 is 1.86 bits per heavy atom. The Morgan fingerprint density at radius 3 is 2.64 bits per heavy atom. The first kappa shape index (κ1) is 12.6. The Bertz CT molecular complexity index is 973. The molecular weight excluding hydrogens is 278 g/mol. The second-order valence-corrected chi connectivity index (χ2v) is 5.17. The smallest absolute Gasteiger partial charge is 0.325 e. The fourth-order valence-corrected chi connectivity index (χ4v) is 2.37. The number of hydrogen-bond acceptors (Lipinski definition) is 3. The molecule has 0 aliphatic rings. The lowest BCUT2D eigenvalue weighted by Crippen LogP contribution is -2.13. The van der Waals surface area contributed by atoms with Gasteiger partial charge in [-0.15, -0.1) is 0 Å². The van der Waals surface area contributed by atoms with Crippen LogP contribution in [0.2, 0.25) is 0 Å². The number of nitrogens with zero attached hydrogens (tertiary/aromatic N) is 2. The van der Waals surface area contributed by atoms with Crippen molar-refractivity contribution in [2.24, 2.45) is 0 Å². The zero-order chi connectivity index (χ0) is 15.1. The van der Waals surface area contributed by atoms with Crippen molar-refractivity contribution in [2.75, 3.05) is 0 Å². The molecule has 2 heterocycles. The van der Waals surface area contributed by atoms with E-state index in [0.717, 1.165) is 16.8 Å². The topological polar surface area (TPSA) is 63.8 Å². The molecule has 0 aliphatic carbocycles. The van der Waals surface area contributed by atoms with Gasteiger partial charge < -0.3 is 4.42 Å². The first-order valence-electron chi connectivity index (χ1n) is 6.96. The zero-order valence-corrected chi connectivity index (χ0v) is 11.9. The van der Waals surface area contributed by atoms with Crippen LogP contribution in [0.15, 0.2) is 63.8 Å². The van der Waals surface area contributed by atoms with E-state index in [0.29, 0.717) is 5.58 Å².